The zero-order chi connectivity index (χ0) is 21.4. The molecule has 0 unspecified atom stereocenters. The van der Waals surface area contributed by atoms with E-state index in [1.165, 1.54) is 16.7 Å². The van der Waals surface area contributed by atoms with Crippen molar-refractivity contribution in [1.82, 2.24) is 9.88 Å². The highest BCUT2D eigenvalue weighted by molar-refractivity contribution is 7.99. The van der Waals surface area contributed by atoms with Crippen LogP contribution in [0, 0.1) is 11.8 Å². The lowest BCUT2D eigenvalue weighted by atomic mass is 9.78. The Morgan fingerprint density at radius 3 is 2.83 bits per heavy atom. The molecule has 0 aromatic carbocycles. The lowest BCUT2D eigenvalue weighted by Gasteiger charge is -2.47. The van der Waals surface area contributed by atoms with Gasteiger partial charge in [0.2, 0.25) is 5.91 Å². The van der Waals surface area contributed by atoms with Gasteiger partial charge in [0.15, 0.2) is 18.9 Å². The SMILES string of the molecule is C[C@@H](O)[C@H]1C(=O)N2C(C(=O)[O-])=C(CSc3ccc[n+](Cc4ccccn4)c3)[C@H](C)[C@H]12. The van der Waals surface area contributed by atoms with E-state index in [-0.39, 0.29) is 23.6 Å². The quantitative estimate of drug-likeness (QED) is 0.391. The average Bonchev–Trinajstić information content (AvgIpc) is 2.95. The molecule has 2 aliphatic rings. The van der Waals surface area contributed by atoms with Gasteiger partial charge in [0.1, 0.15) is 5.69 Å². The Labute approximate surface area is 179 Å². The van der Waals surface area contributed by atoms with E-state index in [0.29, 0.717) is 17.9 Å². The van der Waals surface area contributed by atoms with Crippen molar-refractivity contribution in [3.63, 3.8) is 0 Å². The van der Waals surface area contributed by atoms with Crippen LogP contribution in [0.25, 0.3) is 0 Å². The molecular weight excluding hydrogens is 402 g/mol. The number of thioether (sulfide) groups is 1. The molecule has 30 heavy (non-hydrogen) atoms. The van der Waals surface area contributed by atoms with Crippen LogP contribution < -0.4 is 9.67 Å². The number of pyridine rings is 2. The van der Waals surface area contributed by atoms with Gasteiger partial charge in [0.25, 0.3) is 0 Å². The highest BCUT2D eigenvalue weighted by atomic mass is 32.2. The lowest BCUT2D eigenvalue weighted by molar-refractivity contribution is -0.690. The molecule has 8 heteroatoms. The molecule has 0 aliphatic carbocycles. The van der Waals surface area contributed by atoms with Crippen molar-refractivity contribution in [2.45, 2.75) is 37.4 Å². The lowest BCUT2D eigenvalue weighted by Crippen LogP contribution is -2.64. The Morgan fingerprint density at radius 2 is 2.17 bits per heavy atom. The predicted octanol–water partition coefficient (Wildman–Crippen LogP) is 0.371. The fourth-order valence-corrected chi connectivity index (χ4v) is 5.45. The van der Waals surface area contributed by atoms with Gasteiger partial charge in [0.05, 0.1) is 34.6 Å². The summed E-state index contributed by atoms with van der Waals surface area (Å²) in [5.41, 5.74) is 1.60. The first kappa shape index (κ1) is 20.6. The van der Waals surface area contributed by atoms with Crippen LogP contribution in [-0.2, 0) is 16.1 Å². The van der Waals surface area contributed by atoms with Crippen molar-refractivity contribution in [2.75, 3.05) is 5.75 Å². The normalized spacial score (nSPS) is 23.9. The summed E-state index contributed by atoms with van der Waals surface area (Å²) in [6, 6.07) is 9.38. The molecule has 0 radical (unpaired) electrons. The van der Waals surface area contributed by atoms with Gasteiger partial charge in [-0.1, -0.05) is 13.0 Å². The number of aliphatic hydroxyl groups excluding tert-OH is 1. The van der Waals surface area contributed by atoms with Gasteiger partial charge in [0, 0.05) is 23.9 Å². The number of aromatic nitrogens is 2. The number of hydrogen-bond donors (Lipinski definition) is 1. The maximum absolute atomic E-state index is 12.4. The van der Waals surface area contributed by atoms with Crippen molar-refractivity contribution in [3.05, 3.63) is 65.9 Å². The number of carbonyl (C=O) groups excluding carboxylic acids is 2. The topological polar surface area (TPSA) is 97.4 Å². The minimum atomic E-state index is -1.34. The summed E-state index contributed by atoms with van der Waals surface area (Å²) in [7, 11) is 0. The second kappa shape index (κ2) is 8.20. The van der Waals surface area contributed by atoms with Crippen molar-refractivity contribution in [1.29, 1.82) is 0 Å². The molecule has 7 nitrogen and oxygen atoms in total. The Balaban J connectivity index is 1.51. The van der Waals surface area contributed by atoms with Crippen molar-refractivity contribution in [2.24, 2.45) is 11.8 Å². The van der Waals surface area contributed by atoms with Gasteiger partial charge in [-0.15, -0.1) is 11.8 Å². The van der Waals surface area contributed by atoms with Gasteiger partial charge in [-0.2, -0.15) is 4.57 Å². The standard InChI is InChI=1S/C22H23N3O4S/c1-13-17(20(22(28)29)25-19(13)18(14(2)26)21(25)27)12-30-16-7-5-9-24(11-16)10-15-6-3-4-8-23-15/h3-9,11,13-14,18-19,26H,10,12H2,1-2H3/t13-,14+,18+,19+/m0/s1. The van der Waals surface area contributed by atoms with E-state index < -0.39 is 18.0 Å². The molecule has 1 fully saturated rings. The summed E-state index contributed by atoms with van der Waals surface area (Å²) in [5, 5.41) is 21.7. The van der Waals surface area contributed by atoms with E-state index >= 15 is 0 Å². The number of β-lactam (4-membered cyclic amide) rings is 1. The smallest absolute Gasteiger partial charge is 0.235 e. The summed E-state index contributed by atoms with van der Waals surface area (Å²) in [5.74, 6) is -1.95. The van der Waals surface area contributed by atoms with Gasteiger partial charge in [-0.3, -0.25) is 9.78 Å². The van der Waals surface area contributed by atoms with Gasteiger partial charge < -0.3 is 19.9 Å². The van der Waals surface area contributed by atoms with E-state index in [1.807, 2.05) is 54.2 Å². The fraction of sp³-hybridized carbons (Fsp3) is 0.364. The average molecular weight is 426 g/mol. The Bertz CT molecular complexity index is 1010. The predicted molar refractivity (Wildman–Crippen MR) is 108 cm³/mol. The number of carboxylic acid groups (broad SMARTS) is 1. The van der Waals surface area contributed by atoms with Crippen molar-refractivity contribution in [3.8, 4) is 0 Å². The summed E-state index contributed by atoms with van der Waals surface area (Å²) in [4.78, 5) is 30.8. The van der Waals surface area contributed by atoms with E-state index in [4.69, 9.17) is 0 Å². The number of carbonyl (C=O) groups is 2. The van der Waals surface area contributed by atoms with Crippen molar-refractivity contribution < 1.29 is 24.4 Å². The summed E-state index contributed by atoms with van der Waals surface area (Å²) in [6.07, 6.45) is 4.91. The number of amides is 1. The highest BCUT2D eigenvalue weighted by Gasteiger charge is 2.58. The third-order valence-corrected chi connectivity index (χ3v) is 6.84. The molecule has 2 aromatic rings. The second-order valence-electron chi connectivity index (χ2n) is 7.74. The molecule has 4 heterocycles. The van der Waals surface area contributed by atoms with E-state index in [0.717, 1.165) is 10.6 Å². The molecule has 1 amide bonds. The Kier molecular flexibility index (Phi) is 5.62. The zero-order valence-corrected chi connectivity index (χ0v) is 17.6. The molecule has 2 aromatic heterocycles. The Morgan fingerprint density at radius 1 is 1.37 bits per heavy atom. The number of rotatable bonds is 7. The van der Waals surface area contributed by atoms with Crippen LogP contribution in [-0.4, -0.2) is 44.8 Å². The largest absolute Gasteiger partial charge is 0.543 e. The van der Waals surface area contributed by atoms with Crippen LogP contribution in [0.5, 0.6) is 0 Å². The molecule has 0 bridgehead atoms. The molecule has 156 valence electrons. The number of fused-ring (bicyclic) bond motifs is 1. The first-order chi connectivity index (χ1) is 14.4. The number of nitrogens with zero attached hydrogens (tertiary/aromatic N) is 3. The maximum Gasteiger partial charge on any atom is 0.235 e. The van der Waals surface area contributed by atoms with Crippen LogP contribution in [0.1, 0.15) is 19.5 Å². The molecule has 1 N–H and O–H groups in total. The van der Waals surface area contributed by atoms with Crippen LogP contribution in [0.2, 0.25) is 0 Å². The molecular formula is C22H23N3O4S. The second-order valence-corrected chi connectivity index (χ2v) is 8.79. The first-order valence-corrected chi connectivity index (χ1v) is 10.8. The van der Waals surface area contributed by atoms with Crippen LogP contribution >= 0.6 is 11.8 Å². The highest BCUT2D eigenvalue weighted by Crippen LogP contribution is 2.47. The monoisotopic (exact) mass is 425 g/mol. The van der Waals surface area contributed by atoms with Crippen LogP contribution in [0.4, 0.5) is 0 Å². The number of carboxylic acids is 1. The summed E-state index contributed by atoms with van der Waals surface area (Å²) >= 11 is 1.52. The van der Waals surface area contributed by atoms with Gasteiger partial charge in [-0.05, 0) is 30.7 Å². The molecule has 0 spiro atoms. The molecule has 1 saturated heterocycles. The fourth-order valence-electron chi connectivity index (χ4n) is 4.34. The summed E-state index contributed by atoms with van der Waals surface area (Å²) in [6.45, 7) is 4.12. The molecule has 0 saturated carbocycles. The zero-order valence-electron chi connectivity index (χ0n) is 16.8. The minimum Gasteiger partial charge on any atom is -0.543 e. The summed E-state index contributed by atoms with van der Waals surface area (Å²) < 4.78 is 2.02. The minimum absolute atomic E-state index is 0.0285. The number of aliphatic hydroxyl groups is 1. The molecule has 4 atom stereocenters. The Hall–Kier alpha value is -2.71. The van der Waals surface area contributed by atoms with Crippen molar-refractivity contribution >= 4 is 23.6 Å². The molecule has 2 aliphatic heterocycles. The van der Waals surface area contributed by atoms with Gasteiger partial charge >= 0.3 is 0 Å². The van der Waals surface area contributed by atoms with E-state index in [9.17, 15) is 19.8 Å². The first-order valence-electron chi connectivity index (χ1n) is 9.86. The third kappa shape index (κ3) is 3.61. The number of aliphatic carboxylic acids is 1. The van der Waals surface area contributed by atoms with Crippen LogP contribution in [0.3, 0.4) is 0 Å². The van der Waals surface area contributed by atoms with E-state index in [1.54, 1.807) is 13.1 Å². The molecule has 4 rings (SSSR count). The van der Waals surface area contributed by atoms with Gasteiger partial charge in [-0.25, -0.2) is 0 Å². The maximum atomic E-state index is 12.4. The van der Waals surface area contributed by atoms with E-state index in [2.05, 4.69) is 4.98 Å². The third-order valence-electron chi connectivity index (χ3n) is 5.80. The van der Waals surface area contributed by atoms with Crippen LogP contribution in [0.15, 0.2) is 65.1 Å². The number of hydrogen-bond acceptors (Lipinski definition) is 6.